The Morgan fingerprint density at radius 3 is 2.41 bits per heavy atom. The number of esters is 1. The SMILES string of the molecule is CC(OC(=O)CC(F)(F)F)Oc1ccccc1. The first-order valence-corrected chi connectivity index (χ1v) is 4.85. The van der Waals surface area contributed by atoms with E-state index in [1.807, 2.05) is 0 Å². The first-order valence-electron chi connectivity index (χ1n) is 4.85. The number of ether oxygens (including phenoxy) is 2. The molecule has 0 saturated heterocycles. The highest BCUT2D eigenvalue weighted by Crippen LogP contribution is 2.20. The molecule has 6 heteroatoms. The van der Waals surface area contributed by atoms with Crippen LogP contribution in [0.25, 0.3) is 0 Å². The van der Waals surface area contributed by atoms with Crippen LogP contribution in [0.15, 0.2) is 30.3 Å². The Balaban J connectivity index is 2.40. The monoisotopic (exact) mass is 248 g/mol. The lowest BCUT2D eigenvalue weighted by atomic mass is 10.3. The van der Waals surface area contributed by atoms with Gasteiger partial charge in [0, 0.05) is 6.92 Å². The molecule has 1 aromatic carbocycles. The van der Waals surface area contributed by atoms with Crippen LogP contribution in [0.2, 0.25) is 0 Å². The van der Waals surface area contributed by atoms with Crippen LogP contribution in [0, 0.1) is 0 Å². The van der Waals surface area contributed by atoms with Gasteiger partial charge in [0.15, 0.2) is 0 Å². The second-order valence-electron chi connectivity index (χ2n) is 3.28. The summed E-state index contributed by atoms with van der Waals surface area (Å²) in [6.45, 7) is 1.35. The maximum absolute atomic E-state index is 11.8. The molecule has 0 radical (unpaired) electrons. The average molecular weight is 248 g/mol. The van der Waals surface area contributed by atoms with Crippen molar-refractivity contribution in [1.82, 2.24) is 0 Å². The summed E-state index contributed by atoms with van der Waals surface area (Å²) in [4.78, 5) is 10.8. The van der Waals surface area contributed by atoms with Crippen molar-refractivity contribution in [3.63, 3.8) is 0 Å². The molecule has 0 heterocycles. The fraction of sp³-hybridized carbons (Fsp3) is 0.364. The second-order valence-corrected chi connectivity index (χ2v) is 3.28. The van der Waals surface area contributed by atoms with Crippen LogP contribution < -0.4 is 4.74 Å². The van der Waals surface area contributed by atoms with Gasteiger partial charge in [-0.1, -0.05) is 18.2 Å². The van der Waals surface area contributed by atoms with Gasteiger partial charge in [-0.15, -0.1) is 0 Å². The normalized spacial score (nSPS) is 12.9. The van der Waals surface area contributed by atoms with Crippen molar-refractivity contribution < 1.29 is 27.4 Å². The van der Waals surface area contributed by atoms with Crippen molar-refractivity contribution in [3.05, 3.63) is 30.3 Å². The molecule has 0 spiro atoms. The number of para-hydroxylation sites is 1. The molecule has 17 heavy (non-hydrogen) atoms. The van der Waals surface area contributed by atoms with Crippen LogP contribution in [0.3, 0.4) is 0 Å². The minimum atomic E-state index is -4.57. The molecule has 0 N–H and O–H groups in total. The molecule has 1 atom stereocenters. The largest absolute Gasteiger partial charge is 0.455 e. The van der Waals surface area contributed by atoms with Crippen LogP contribution in [0.1, 0.15) is 13.3 Å². The topological polar surface area (TPSA) is 35.5 Å². The Morgan fingerprint density at radius 2 is 1.88 bits per heavy atom. The van der Waals surface area contributed by atoms with E-state index >= 15 is 0 Å². The molecular weight excluding hydrogens is 237 g/mol. The summed E-state index contributed by atoms with van der Waals surface area (Å²) in [7, 11) is 0. The Labute approximate surface area is 96.1 Å². The van der Waals surface area contributed by atoms with Crippen LogP contribution in [-0.4, -0.2) is 18.4 Å². The van der Waals surface area contributed by atoms with E-state index in [4.69, 9.17) is 4.74 Å². The lowest BCUT2D eigenvalue weighted by Gasteiger charge is -2.15. The number of alkyl halides is 3. The molecule has 0 aliphatic carbocycles. The Hall–Kier alpha value is -1.72. The number of carbonyl (C=O) groups excluding carboxylic acids is 1. The van der Waals surface area contributed by atoms with E-state index in [0.717, 1.165) is 0 Å². The summed E-state index contributed by atoms with van der Waals surface area (Å²) in [5.74, 6) is -0.944. The molecule has 0 bridgehead atoms. The first-order chi connectivity index (χ1) is 7.87. The van der Waals surface area contributed by atoms with E-state index in [0.29, 0.717) is 5.75 Å². The van der Waals surface area contributed by atoms with Crippen LogP contribution >= 0.6 is 0 Å². The van der Waals surface area contributed by atoms with Gasteiger partial charge in [-0.05, 0) is 12.1 Å². The van der Waals surface area contributed by atoms with Crippen molar-refractivity contribution in [1.29, 1.82) is 0 Å². The average Bonchev–Trinajstić information content (AvgIpc) is 2.15. The molecular formula is C11H11F3O3. The van der Waals surface area contributed by atoms with Crippen molar-refractivity contribution in [2.45, 2.75) is 25.8 Å². The van der Waals surface area contributed by atoms with Crippen LogP contribution in [-0.2, 0) is 9.53 Å². The van der Waals surface area contributed by atoms with Gasteiger partial charge in [-0.25, -0.2) is 0 Å². The van der Waals surface area contributed by atoms with Crippen molar-refractivity contribution in [2.75, 3.05) is 0 Å². The Kier molecular flexibility index (Phi) is 4.37. The summed E-state index contributed by atoms with van der Waals surface area (Å²) >= 11 is 0. The third-order valence-corrected chi connectivity index (χ3v) is 1.69. The molecule has 1 unspecified atom stereocenters. The molecule has 0 aliphatic rings. The van der Waals surface area contributed by atoms with E-state index in [-0.39, 0.29) is 0 Å². The van der Waals surface area contributed by atoms with Crippen molar-refractivity contribution >= 4 is 5.97 Å². The Bertz CT molecular complexity index is 362. The number of rotatable bonds is 4. The van der Waals surface area contributed by atoms with Crippen molar-refractivity contribution in [2.24, 2.45) is 0 Å². The Morgan fingerprint density at radius 1 is 1.29 bits per heavy atom. The smallest absolute Gasteiger partial charge is 0.399 e. The zero-order valence-corrected chi connectivity index (χ0v) is 9.03. The van der Waals surface area contributed by atoms with Gasteiger partial charge in [0.25, 0.3) is 0 Å². The third kappa shape index (κ3) is 5.79. The molecule has 0 aliphatic heterocycles. The standard InChI is InChI=1S/C11H11F3O3/c1-8(16-9-5-3-2-4-6-9)17-10(15)7-11(12,13)14/h2-6,8H,7H2,1H3. The van der Waals surface area contributed by atoms with Crippen LogP contribution in [0.5, 0.6) is 5.75 Å². The fourth-order valence-corrected chi connectivity index (χ4v) is 1.11. The molecule has 94 valence electrons. The van der Waals surface area contributed by atoms with Gasteiger partial charge in [0.05, 0.1) is 0 Å². The molecule has 0 saturated carbocycles. The van der Waals surface area contributed by atoms with E-state index in [1.165, 1.54) is 6.92 Å². The van der Waals surface area contributed by atoms with Gasteiger partial charge < -0.3 is 9.47 Å². The molecule has 0 amide bonds. The van der Waals surface area contributed by atoms with Gasteiger partial charge >= 0.3 is 12.1 Å². The van der Waals surface area contributed by atoms with Crippen LogP contribution in [0.4, 0.5) is 13.2 Å². The van der Waals surface area contributed by atoms with Gasteiger partial charge in [-0.3, -0.25) is 4.79 Å². The number of hydrogen-bond acceptors (Lipinski definition) is 3. The minimum absolute atomic E-state index is 0.416. The lowest BCUT2D eigenvalue weighted by molar-refractivity contribution is -0.184. The number of halogens is 3. The summed E-state index contributed by atoms with van der Waals surface area (Å²) in [6, 6.07) is 8.36. The van der Waals surface area contributed by atoms with E-state index < -0.39 is 24.9 Å². The molecule has 0 fully saturated rings. The fourth-order valence-electron chi connectivity index (χ4n) is 1.11. The zero-order chi connectivity index (χ0) is 12.9. The van der Waals surface area contributed by atoms with Gasteiger partial charge in [0.1, 0.15) is 12.2 Å². The highest BCUT2D eigenvalue weighted by atomic mass is 19.4. The van der Waals surface area contributed by atoms with Crippen molar-refractivity contribution in [3.8, 4) is 5.75 Å². The first kappa shape index (κ1) is 13.3. The highest BCUT2D eigenvalue weighted by molar-refractivity contribution is 5.70. The maximum atomic E-state index is 11.8. The predicted molar refractivity (Wildman–Crippen MR) is 53.3 cm³/mol. The third-order valence-electron chi connectivity index (χ3n) is 1.69. The number of carbonyl (C=O) groups is 1. The highest BCUT2D eigenvalue weighted by Gasteiger charge is 2.33. The van der Waals surface area contributed by atoms with Gasteiger partial charge in [0.2, 0.25) is 6.29 Å². The zero-order valence-electron chi connectivity index (χ0n) is 9.03. The van der Waals surface area contributed by atoms with E-state index in [9.17, 15) is 18.0 Å². The summed E-state index contributed by atoms with van der Waals surface area (Å²) in [5.41, 5.74) is 0. The number of hydrogen-bond donors (Lipinski definition) is 0. The molecule has 3 nitrogen and oxygen atoms in total. The summed E-state index contributed by atoms with van der Waals surface area (Å²) < 4.78 is 45.1. The lowest BCUT2D eigenvalue weighted by Crippen LogP contribution is -2.24. The predicted octanol–water partition coefficient (Wildman–Crippen LogP) is 2.91. The minimum Gasteiger partial charge on any atom is -0.455 e. The van der Waals surface area contributed by atoms with E-state index in [1.54, 1.807) is 30.3 Å². The van der Waals surface area contributed by atoms with E-state index in [2.05, 4.69) is 4.74 Å². The van der Waals surface area contributed by atoms with Gasteiger partial charge in [-0.2, -0.15) is 13.2 Å². The number of benzene rings is 1. The molecule has 0 aromatic heterocycles. The molecule has 1 rings (SSSR count). The second kappa shape index (κ2) is 5.56. The quantitative estimate of drug-likeness (QED) is 0.607. The maximum Gasteiger partial charge on any atom is 0.399 e. The summed E-state index contributed by atoms with van der Waals surface area (Å²) in [5, 5.41) is 0. The molecule has 1 aromatic rings. The summed E-state index contributed by atoms with van der Waals surface area (Å²) in [6.07, 6.45) is -7.24.